The first-order chi connectivity index (χ1) is 15.8. The molecule has 0 saturated carbocycles. The Labute approximate surface area is 205 Å². The van der Waals surface area contributed by atoms with Crippen molar-refractivity contribution in [3.8, 4) is 5.75 Å². The topological polar surface area (TPSA) is 36.0 Å². The second-order valence-electron chi connectivity index (χ2n) is 8.50. The minimum atomic E-state index is -2.88. The molecule has 2 heterocycles. The molecule has 1 atom stereocenters. The van der Waals surface area contributed by atoms with E-state index in [-0.39, 0.29) is 26.9 Å². The molecule has 0 aromatic heterocycles. The molecule has 178 valence electrons. The number of benzene rings is 2. The van der Waals surface area contributed by atoms with Gasteiger partial charge in [0.15, 0.2) is 0 Å². The first-order valence-electron chi connectivity index (χ1n) is 11.1. The fourth-order valence-corrected chi connectivity index (χ4v) is 6.00. The molecule has 5 nitrogen and oxygen atoms in total. The number of hydrogen-bond acceptors (Lipinski definition) is 4. The van der Waals surface area contributed by atoms with Crippen LogP contribution in [-0.2, 0) is 17.9 Å². The summed E-state index contributed by atoms with van der Waals surface area (Å²) in [5.41, 5.74) is 1.43. The molecule has 1 amide bonds. The Balaban J connectivity index is 1.62. The van der Waals surface area contributed by atoms with E-state index in [0.29, 0.717) is 13.1 Å². The van der Waals surface area contributed by atoms with Crippen molar-refractivity contribution >= 4 is 28.5 Å². The Morgan fingerprint density at radius 3 is 2.18 bits per heavy atom. The largest absolute Gasteiger partial charge is 0.435 e. The summed E-state index contributed by atoms with van der Waals surface area (Å²) < 4.78 is 42.7. The highest BCUT2D eigenvalue weighted by Crippen LogP contribution is 2.44. The van der Waals surface area contributed by atoms with Gasteiger partial charge in [-0.15, -0.1) is 0 Å². The zero-order chi connectivity index (χ0) is 23.6. The number of likely N-dealkylation sites (tertiary alicyclic amines) is 1. The number of hydrogen-bond donors (Lipinski definition) is 0. The zero-order valence-corrected chi connectivity index (χ0v) is 20.6. The van der Waals surface area contributed by atoms with Crippen LogP contribution in [0.5, 0.6) is 5.75 Å². The number of piperidine rings is 1. The third-order valence-electron chi connectivity index (χ3n) is 6.64. The van der Waals surface area contributed by atoms with Crippen LogP contribution in [0.25, 0.3) is 0 Å². The van der Waals surface area contributed by atoms with Crippen molar-refractivity contribution in [1.82, 2.24) is 14.9 Å². The average Bonchev–Trinajstić information content (AvgIpc) is 2.98. The highest BCUT2D eigenvalue weighted by molar-refractivity contribution is 14.1. The van der Waals surface area contributed by atoms with Crippen LogP contribution in [0, 0.1) is 5.82 Å². The summed E-state index contributed by atoms with van der Waals surface area (Å²) in [7, 11) is 0. The van der Waals surface area contributed by atoms with E-state index in [1.165, 1.54) is 24.3 Å². The van der Waals surface area contributed by atoms with Crippen molar-refractivity contribution in [2.75, 3.05) is 19.6 Å². The molecule has 1 unspecified atom stereocenters. The van der Waals surface area contributed by atoms with Gasteiger partial charge in [0, 0.05) is 19.6 Å². The molecule has 0 radical (unpaired) electrons. The third-order valence-corrected chi connectivity index (χ3v) is 8.34. The Hall–Kier alpha value is -1.85. The van der Waals surface area contributed by atoms with Crippen molar-refractivity contribution in [2.24, 2.45) is 0 Å². The maximum Gasteiger partial charge on any atom is 0.387 e. The summed E-state index contributed by atoms with van der Waals surface area (Å²) in [4.78, 5) is 15.9. The molecule has 4 rings (SSSR count). The van der Waals surface area contributed by atoms with E-state index in [0.717, 1.165) is 43.6 Å². The molecule has 0 N–H and O–H groups in total. The lowest BCUT2D eigenvalue weighted by Gasteiger charge is -2.47. The fourth-order valence-electron chi connectivity index (χ4n) is 4.74. The number of hydrazine groups is 1. The average molecular weight is 573 g/mol. The van der Waals surface area contributed by atoms with E-state index < -0.39 is 6.61 Å². The highest BCUT2D eigenvalue weighted by Gasteiger charge is 2.57. The van der Waals surface area contributed by atoms with Crippen LogP contribution in [0.2, 0.25) is 0 Å². The van der Waals surface area contributed by atoms with Crippen LogP contribution in [-0.4, -0.2) is 56.5 Å². The van der Waals surface area contributed by atoms with Crippen molar-refractivity contribution in [3.63, 3.8) is 0 Å². The number of carbonyl (C=O) groups is 1. The molecule has 2 aliphatic rings. The number of rotatable bonds is 7. The van der Waals surface area contributed by atoms with Gasteiger partial charge in [-0.1, -0.05) is 53.8 Å². The predicted molar refractivity (Wildman–Crippen MR) is 127 cm³/mol. The monoisotopic (exact) mass is 573 g/mol. The van der Waals surface area contributed by atoms with E-state index in [2.05, 4.69) is 44.2 Å². The van der Waals surface area contributed by atoms with E-state index in [9.17, 15) is 18.0 Å². The van der Waals surface area contributed by atoms with E-state index >= 15 is 0 Å². The molecule has 2 aromatic carbocycles. The molecule has 0 bridgehead atoms. The third kappa shape index (κ3) is 5.14. The Kier molecular flexibility index (Phi) is 7.49. The van der Waals surface area contributed by atoms with Gasteiger partial charge >= 0.3 is 6.61 Å². The Morgan fingerprint density at radius 2 is 1.61 bits per heavy atom. The first-order valence-corrected chi connectivity index (χ1v) is 12.3. The van der Waals surface area contributed by atoms with Gasteiger partial charge in [-0.3, -0.25) is 9.80 Å². The number of amides is 1. The van der Waals surface area contributed by atoms with Gasteiger partial charge in [0.2, 0.25) is 0 Å². The summed E-state index contributed by atoms with van der Waals surface area (Å²) in [6, 6.07) is 12.8. The molecule has 2 saturated heterocycles. The van der Waals surface area contributed by atoms with Gasteiger partial charge in [-0.05, 0) is 54.8 Å². The quantitative estimate of drug-likeness (QED) is 0.351. The van der Waals surface area contributed by atoms with Gasteiger partial charge in [-0.25, -0.2) is 9.40 Å². The molecule has 0 aliphatic carbocycles. The number of halogens is 4. The van der Waals surface area contributed by atoms with Crippen molar-refractivity contribution < 1.29 is 22.7 Å². The van der Waals surface area contributed by atoms with Gasteiger partial charge in [-0.2, -0.15) is 8.78 Å². The minimum Gasteiger partial charge on any atom is -0.435 e. The van der Waals surface area contributed by atoms with Crippen molar-refractivity contribution in [1.29, 1.82) is 0 Å². The Morgan fingerprint density at radius 1 is 1.03 bits per heavy atom. The first kappa shape index (κ1) is 24.3. The van der Waals surface area contributed by atoms with Gasteiger partial charge < -0.3 is 9.64 Å². The fraction of sp³-hybridized carbons (Fsp3) is 0.458. The number of ether oxygens (including phenoxy) is 1. The maximum absolute atomic E-state index is 13.5. The van der Waals surface area contributed by atoms with Crippen LogP contribution >= 0.6 is 22.6 Å². The standard InChI is InChI=1S/C24H27F3IN3O2/c1-2-29-13-11-24(12-14-29)21(28)22(32)30(31(24)16-18-3-7-19(25)8-4-18)15-17-5-9-20(10-6-17)33-23(26)27/h3-10,21,23H,2,11-16H2,1H3. The van der Waals surface area contributed by atoms with E-state index in [1.54, 1.807) is 29.3 Å². The van der Waals surface area contributed by atoms with Crippen LogP contribution in [0.3, 0.4) is 0 Å². The number of nitrogens with zero attached hydrogens (tertiary/aromatic N) is 3. The second kappa shape index (κ2) is 10.2. The summed E-state index contributed by atoms with van der Waals surface area (Å²) in [6.45, 7) is 2.88. The van der Waals surface area contributed by atoms with Crippen molar-refractivity contribution in [3.05, 3.63) is 65.5 Å². The smallest absolute Gasteiger partial charge is 0.387 e. The number of carbonyl (C=O) groups excluding carboxylic acids is 1. The van der Waals surface area contributed by atoms with Crippen LogP contribution < -0.4 is 4.74 Å². The van der Waals surface area contributed by atoms with Gasteiger partial charge in [0.25, 0.3) is 5.91 Å². The second-order valence-corrected chi connectivity index (χ2v) is 9.75. The molecule has 33 heavy (non-hydrogen) atoms. The summed E-state index contributed by atoms with van der Waals surface area (Å²) in [5.74, 6) is -0.174. The van der Waals surface area contributed by atoms with Gasteiger partial charge in [0.05, 0.1) is 12.1 Å². The summed E-state index contributed by atoms with van der Waals surface area (Å²) in [5, 5.41) is 3.95. The lowest BCUT2D eigenvalue weighted by molar-refractivity contribution is -0.146. The van der Waals surface area contributed by atoms with Crippen LogP contribution in [0.4, 0.5) is 13.2 Å². The molecular weight excluding hydrogens is 546 g/mol. The van der Waals surface area contributed by atoms with Crippen LogP contribution in [0.15, 0.2) is 48.5 Å². The van der Waals surface area contributed by atoms with E-state index in [4.69, 9.17) is 0 Å². The van der Waals surface area contributed by atoms with Crippen LogP contribution in [0.1, 0.15) is 30.9 Å². The lowest BCUT2D eigenvalue weighted by atomic mass is 9.84. The zero-order valence-electron chi connectivity index (χ0n) is 18.4. The predicted octanol–water partition coefficient (Wildman–Crippen LogP) is 4.84. The molecule has 9 heteroatoms. The summed E-state index contributed by atoms with van der Waals surface area (Å²) >= 11 is 2.27. The SMILES string of the molecule is CCN1CCC2(CC1)C(I)C(=O)N(Cc1ccc(OC(F)F)cc1)N2Cc1ccc(F)cc1. The minimum absolute atomic E-state index is 0.0376. The highest BCUT2D eigenvalue weighted by atomic mass is 127. The summed E-state index contributed by atoms with van der Waals surface area (Å²) in [6.07, 6.45) is 1.72. The van der Waals surface area contributed by atoms with Crippen molar-refractivity contribution in [2.45, 2.75) is 48.9 Å². The molecule has 2 fully saturated rings. The lowest BCUT2D eigenvalue weighted by Crippen LogP contribution is -2.57. The Bertz CT molecular complexity index is 950. The molecule has 2 aliphatic heterocycles. The normalized spacial score (nSPS) is 21.3. The maximum atomic E-state index is 13.5. The van der Waals surface area contributed by atoms with Gasteiger partial charge in [0.1, 0.15) is 15.5 Å². The number of alkyl halides is 3. The molecular formula is C24H27F3IN3O2. The molecule has 2 aromatic rings. The molecule has 1 spiro atoms. The van der Waals surface area contributed by atoms with E-state index in [1.807, 2.05) is 0 Å².